The fraction of sp³-hybridized carbons (Fsp3) is 0.227. The molecule has 7 nitrogen and oxygen atoms in total. The number of carbonyl (C=O) groups is 1. The Kier molecular flexibility index (Phi) is 4.48. The molecule has 1 aliphatic carbocycles. The molecule has 3 heterocycles. The molecule has 0 aliphatic heterocycles. The van der Waals surface area contributed by atoms with Gasteiger partial charge in [-0.2, -0.15) is 5.10 Å². The first-order chi connectivity index (χ1) is 14.3. The average molecular weight is 387 g/mol. The molecular weight excluding hydrogens is 366 g/mol. The SMILES string of the molecule is O=C(NCc1cccc(OCC2CC2)c1)c1ncn2cc(-c3cn[nH]c3)ccc12. The predicted octanol–water partition coefficient (Wildman–Crippen LogP) is 3.44. The van der Waals surface area contributed by atoms with Crippen LogP contribution in [0.1, 0.15) is 28.9 Å². The van der Waals surface area contributed by atoms with Gasteiger partial charge in [0.2, 0.25) is 0 Å². The molecule has 5 rings (SSSR count). The van der Waals surface area contributed by atoms with Gasteiger partial charge in [-0.25, -0.2) is 4.98 Å². The minimum atomic E-state index is -0.201. The summed E-state index contributed by atoms with van der Waals surface area (Å²) in [6, 6.07) is 11.7. The third-order valence-electron chi connectivity index (χ3n) is 5.11. The maximum absolute atomic E-state index is 12.7. The highest BCUT2D eigenvalue weighted by Gasteiger charge is 2.22. The van der Waals surface area contributed by atoms with E-state index in [1.54, 1.807) is 12.5 Å². The Morgan fingerprint density at radius 3 is 3.00 bits per heavy atom. The number of hydrogen-bond donors (Lipinski definition) is 2. The molecule has 29 heavy (non-hydrogen) atoms. The van der Waals surface area contributed by atoms with Crippen LogP contribution in [0.2, 0.25) is 0 Å². The van der Waals surface area contributed by atoms with Gasteiger partial charge < -0.3 is 14.5 Å². The van der Waals surface area contributed by atoms with E-state index in [1.165, 1.54) is 12.8 Å². The number of amides is 1. The van der Waals surface area contributed by atoms with Gasteiger partial charge in [-0.1, -0.05) is 18.2 Å². The van der Waals surface area contributed by atoms with Crippen LogP contribution in [0.25, 0.3) is 16.6 Å². The number of imidazole rings is 1. The number of pyridine rings is 1. The number of ether oxygens (including phenoxy) is 1. The first-order valence-corrected chi connectivity index (χ1v) is 9.72. The van der Waals surface area contributed by atoms with E-state index in [-0.39, 0.29) is 5.91 Å². The maximum Gasteiger partial charge on any atom is 0.272 e. The van der Waals surface area contributed by atoms with Crippen LogP contribution >= 0.6 is 0 Å². The summed E-state index contributed by atoms with van der Waals surface area (Å²) in [5.41, 5.74) is 4.15. The second-order valence-corrected chi connectivity index (χ2v) is 7.37. The van der Waals surface area contributed by atoms with Crippen molar-refractivity contribution in [2.45, 2.75) is 19.4 Å². The minimum Gasteiger partial charge on any atom is -0.493 e. The van der Waals surface area contributed by atoms with Gasteiger partial charge in [0.1, 0.15) is 12.1 Å². The average Bonchev–Trinajstić information content (AvgIpc) is 3.24. The lowest BCUT2D eigenvalue weighted by molar-refractivity contribution is 0.0948. The zero-order chi connectivity index (χ0) is 19.6. The van der Waals surface area contributed by atoms with Crippen molar-refractivity contribution in [3.8, 4) is 16.9 Å². The first kappa shape index (κ1) is 17.5. The Balaban J connectivity index is 1.27. The van der Waals surface area contributed by atoms with Gasteiger partial charge in [-0.3, -0.25) is 9.89 Å². The lowest BCUT2D eigenvalue weighted by Crippen LogP contribution is -2.23. The third kappa shape index (κ3) is 3.85. The third-order valence-corrected chi connectivity index (χ3v) is 5.11. The topological polar surface area (TPSA) is 84.3 Å². The van der Waals surface area contributed by atoms with E-state index in [1.807, 2.05) is 53.2 Å². The van der Waals surface area contributed by atoms with Crippen molar-refractivity contribution in [3.63, 3.8) is 0 Å². The molecule has 0 saturated heterocycles. The Hall–Kier alpha value is -3.61. The summed E-state index contributed by atoms with van der Waals surface area (Å²) in [6.07, 6.45) is 9.70. The molecule has 1 aliphatic rings. The van der Waals surface area contributed by atoms with Gasteiger partial charge in [-0.05, 0) is 42.5 Å². The van der Waals surface area contributed by atoms with Gasteiger partial charge in [0.15, 0.2) is 5.69 Å². The Labute approximate surface area is 167 Å². The van der Waals surface area contributed by atoms with E-state index in [2.05, 4.69) is 20.5 Å². The van der Waals surface area contributed by atoms with E-state index in [0.29, 0.717) is 18.2 Å². The molecule has 4 aromatic rings. The molecule has 1 fully saturated rings. The normalized spacial score (nSPS) is 13.5. The van der Waals surface area contributed by atoms with Crippen LogP contribution in [0.4, 0.5) is 0 Å². The molecule has 7 heteroatoms. The zero-order valence-corrected chi connectivity index (χ0v) is 15.8. The highest BCUT2D eigenvalue weighted by molar-refractivity contribution is 5.99. The van der Waals surface area contributed by atoms with E-state index in [9.17, 15) is 4.79 Å². The van der Waals surface area contributed by atoms with Crippen molar-refractivity contribution in [3.05, 3.63) is 72.6 Å². The molecule has 1 saturated carbocycles. The molecule has 3 aromatic heterocycles. The monoisotopic (exact) mass is 387 g/mol. The van der Waals surface area contributed by atoms with Crippen LogP contribution in [0.3, 0.4) is 0 Å². The van der Waals surface area contributed by atoms with Crippen LogP contribution in [0, 0.1) is 5.92 Å². The zero-order valence-electron chi connectivity index (χ0n) is 15.8. The quantitative estimate of drug-likeness (QED) is 0.509. The lowest BCUT2D eigenvalue weighted by Gasteiger charge is -2.08. The number of carbonyl (C=O) groups excluding carboxylic acids is 1. The van der Waals surface area contributed by atoms with E-state index >= 15 is 0 Å². The van der Waals surface area contributed by atoms with E-state index < -0.39 is 0 Å². The minimum absolute atomic E-state index is 0.201. The van der Waals surface area contributed by atoms with Crippen molar-refractivity contribution in [1.29, 1.82) is 0 Å². The number of hydrogen-bond acceptors (Lipinski definition) is 4. The Bertz CT molecular complexity index is 1150. The van der Waals surface area contributed by atoms with Crippen LogP contribution in [-0.4, -0.2) is 32.1 Å². The molecule has 1 aromatic carbocycles. The van der Waals surface area contributed by atoms with Crippen LogP contribution in [0.15, 0.2) is 61.3 Å². The van der Waals surface area contributed by atoms with Crippen LogP contribution in [0.5, 0.6) is 5.75 Å². The predicted molar refractivity (Wildman–Crippen MR) is 109 cm³/mol. The fourth-order valence-corrected chi connectivity index (χ4v) is 3.26. The largest absolute Gasteiger partial charge is 0.493 e. The number of fused-ring (bicyclic) bond motifs is 1. The maximum atomic E-state index is 12.7. The number of rotatable bonds is 7. The van der Waals surface area contributed by atoms with Crippen LogP contribution in [-0.2, 0) is 6.54 Å². The van der Waals surface area contributed by atoms with E-state index in [0.717, 1.165) is 34.6 Å². The number of aromatic nitrogens is 4. The first-order valence-electron chi connectivity index (χ1n) is 9.72. The summed E-state index contributed by atoms with van der Waals surface area (Å²) >= 11 is 0. The van der Waals surface area contributed by atoms with Crippen molar-refractivity contribution in [2.75, 3.05) is 6.61 Å². The van der Waals surface area contributed by atoms with E-state index in [4.69, 9.17) is 4.74 Å². The highest BCUT2D eigenvalue weighted by Crippen LogP contribution is 2.29. The molecule has 1 amide bonds. The summed E-state index contributed by atoms with van der Waals surface area (Å²) < 4.78 is 7.66. The smallest absolute Gasteiger partial charge is 0.272 e. The van der Waals surface area contributed by atoms with Gasteiger partial charge in [0, 0.05) is 30.1 Å². The number of nitrogens with zero attached hydrogens (tertiary/aromatic N) is 3. The molecule has 2 N–H and O–H groups in total. The van der Waals surface area contributed by atoms with Crippen molar-refractivity contribution in [2.24, 2.45) is 5.92 Å². The number of aromatic amines is 1. The Morgan fingerprint density at radius 1 is 1.24 bits per heavy atom. The fourth-order valence-electron chi connectivity index (χ4n) is 3.26. The molecule has 0 bridgehead atoms. The van der Waals surface area contributed by atoms with Crippen LogP contribution < -0.4 is 10.1 Å². The lowest BCUT2D eigenvalue weighted by atomic mass is 10.1. The molecule has 0 unspecified atom stereocenters. The summed E-state index contributed by atoms with van der Waals surface area (Å²) in [4.78, 5) is 17.0. The molecule has 0 spiro atoms. The summed E-state index contributed by atoms with van der Waals surface area (Å²) in [7, 11) is 0. The number of benzene rings is 1. The summed E-state index contributed by atoms with van der Waals surface area (Å²) in [6.45, 7) is 1.20. The summed E-state index contributed by atoms with van der Waals surface area (Å²) in [5, 5.41) is 9.73. The second kappa shape index (κ2) is 7.43. The molecule has 0 atom stereocenters. The van der Waals surface area contributed by atoms with Gasteiger partial charge >= 0.3 is 0 Å². The number of H-pyrrole nitrogens is 1. The standard InChI is InChI=1S/C22H21N5O2/c28-22(23-9-16-2-1-3-19(8-16)29-13-15-4-5-15)21-20-7-6-17(12-27(20)14-24-21)18-10-25-26-11-18/h1-3,6-8,10-12,14-15H,4-5,9,13H2,(H,23,28)(H,25,26). The summed E-state index contributed by atoms with van der Waals surface area (Å²) in [5.74, 6) is 1.36. The highest BCUT2D eigenvalue weighted by atomic mass is 16.5. The second-order valence-electron chi connectivity index (χ2n) is 7.37. The Morgan fingerprint density at radius 2 is 2.17 bits per heavy atom. The van der Waals surface area contributed by atoms with Gasteiger partial charge in [0.05, 0.1) is 18.3 Å². The molecule has 0 radical (unpaired) electrons. The van der Waals surface area contributed by atoms with Crippen molar-refractivity contribution < 1.29 is 9.53 Å². The van der Waals surface area contributed by atoms with Gasteiger partial charge in [0.25, 0.3) is 5.91 Å². The van der Waals surface area contributed by atoms with Crippen molar-refractivity contribution >= 4 is 11.4 Å². The molecule has 146 valence electrons. The number of nitrogens with one attached hydrogen (secondary N) is 2. The van der Waals surface area contributed by atoms with Crippen molar-refractivity contribution in [1.82, 2.24) is 24.9 Å². The van der Waals surface area contributed by atoms with Gasteiger partial charge in [-0.15, -0.1) is 0 Å². The molecular formula is C22H21N5O2.